The molecule has 11 nitrogen and oxygen atoms in total. The fraction of sp³-hybridized carbons (Fsp3) is 0.783. The second-order valence-corrected chi connectivity index (χ2v) is 17.5. The van der Waals surface area contributed by atoms with Gasteiger partial charge in [0.25, 0.3) is 0 Å². The second kappa shape index (κ2) is 32.4. The summed E-state index contributed by atoms with van der Waals surface area (Å²) in [7, 11) is -2.68. The summed E-state index contributed by atoms with van der Waals surface area (Å²) < 4.78 is 45.5. The number of carbonyl (C=O) groups is 2. The van der Waals surface area contributed by atoms with E-state index in [9.17, 15) is 19.0 Å². The Balaban J connectivity index is 1.60. The Bertz CT molecular complexity index is 1400. The van der Waals surface area contributed by atoms with E-state index in [2.05, 4.69) is 45.1 Å². The molecule has 12 heteroatoms. The second-order valence-electron chi connectivity index (χ2n) is 16.0. The first-order valence-corrected chi connectivity index (χ1v) is 24.3. The van der Waals surface area contributed by atoms with E-state index in [-0.39, 0.29) is 26.1 Å². The first-order valence-electron chi connectivity index (χ1n) is 22.8. The fourth-order valence-electron chi connectivity index (χ4n) is 7.00. The molecule has 2 rings (SSSR count). The molecule has 2 aromatic rings. The zero-order valence-corrected chi connectivity index (χ0v) is 37.9. The first kappa shape index (κ1) is 51.7. The summed E-state index contributed by atoms with van der Waals surface area (Å²) >= 11 is 0. The average Bonchev–Trinajstić information content (AvgIpc) is 3.74. The van der Waals surface area contributed by atoms with E-state index in [0.29, 0.717) is 19.4 Å². The number of ether oxygens (including phenoxy) is 2. The number of carbonyl (C=O) groups excluding carboxylic acids is 2. The van der Waals surface area contributed by atoms with Gasteiger partial charge in [0, 0.05) is 45.1 Å². The highest BCUT2D eigenvalue weighted by atomic mass is 31.2. The molecule has 2 atom stereocenters. The van der Waals surface area contributed by atoms with Crippen molar-refractivity contribution >= 4 is 19.8 Å². The minimum Gasteiger partial charge on any atom is -0.466 e. The number of esters is 2. The Hall–Kier alpha value is -2.43. The van der Waals surface area contributed by atoms with E-state index in [4.69, 9.17) is 27.4 Å². The van der Waals surface area contributed by atoms with E-state index >= 15 is 0 Å². The van der Waals surface area contributed by atoms with Crippen molar-refractivity contribution in [2.45, 2.75) is 201 Å². The maximum Gasteiger partial charge on any atom is 0.472 e. The molecule has 0 saturated carbocycles. The van der Waals surface area contributed by atoms with Crippen LogP contribution in [0.1, 0.15) is 189 Å². The van der Waals surface area contributed by atoms with Crippen molar-refractivity contribution in [3.05, 3.63) is 46.3 Å². The number of phosphoric acid groups is 1. The van der Waals surface area contributed by atoms with Gasteiger partial charge >= 0.3 is 19.8 Å². The van der Waals surface area contributed by atoms with Crippen LogP contribution in [0.15, 0.2) is 21.0 Å². The largest absolute Gasteiger partial charge is 0.472 e. The number of rotatable bonds is 38. The first-order chi connectivity index (χ1) is 28.1. The van der Waals surface area contributed by atoms with Gasteiger partial charge in [0.2, 0.25) is 0 Å². The summed E-state index contributed by atoms with van der Waals surface area (Å²) in [6, 6.07) is 4.40. The molecule has 0 aliphatic heterocycles. The van der Waals surface area contributed by atoms with Gasteiger partial charge in [-0.1, -0.05) is 104 Å². The minimum atomic E-state index is -4.37. The van der Waals surface area contributed by atoms with E-state index in [1.807, 2.05) is 0 Å². The van der Waals surface area contributed by atoms with E-state index < -0.39 is 32.5 Å². The molecule has 0 radical (unpaired) electrons. The van der Waals surface area contributed by atoms with Crippen LogP contribution >= 0.6 is 7.82 Å². The molecule has 0 saturated heterocycles. The highest BCUT2D eigenvalue weighted by molar-refractivity contribution is 7.47. The number of hydrogen-bond acceptors (Lipinski definition) is 10. The average molecular weight is 838 g/mol. The van der Waals surface area contributed by atoms with E-state index in [1.165, 1.54) is 68.9 Å². The van der Waals surface area contributed by atoms with Gasteiger partial charge in [-0.15, -0.1) is 0 Å². The monoisotopic (exact) mass is 838 g/mol. The standard InChI is InChI=1S/C46H80NO10P/c1-6-8-20-26-40-34-38(3)43(55-40)28-22-16-12-10-11-13-18-24-30-45(48)52-36-42(37-54-58(50,51)53-33-32-47-5)57-46(49)31-25-19-15-14-17-23-29-44-39(4)35-41(56-44)27-21-9-7-2/h34-35,42,47H,6-33,36-37H2,1-5H3,(H,50,51)/t42-/m1/s1. The molecule has 0 spiro atoms. The molecule has 0 aliphatic carbocycles. The van der Waals surface area contributed by atoms with Crippen LogP contribution in [0, 0.1) is 13.8 Å². The number of phosphoric ester groups is 1. The number of likely N-dealkylation sites (N-methyl/N-ethyl adjacent to an activating group) is 1. The predicted octanol–water partition coefficient (Wildman–Crippen LogP) is 11.8. The summed E-state index contributed by atoms with van der Waals surface area (Å²) in [5.41, 5.74) is 2.53. The third-order valence-corrected chi connectivity index (χ3v) is 11.5. The van der Waals surface area contributed by atoms with Gasteiger partial charge in [-0.25, -0.2) is 4.57 Å². The minimum absolute atomic E-state index is 0.0300. The SMILES string of the molecule is CCCCCc1cc(C)c(CCCCCCCCCCC(=O)OC[C@H](COP(=O)(O)OCCNC)OC(=O)CCCCCCCCc2oc(CCCCC)cc2C)o1. The third kappa shape index (κ3) is 25.3. The Morgan fingerprint density at radius 3 is 1.57 bits per heavy atom. The molecule has 334 valence electrons. The normalized spacial score (nSPS) is 13.1. The van der Waals surface area contributed by atoms with Crippen LogP contribution in [0.5, 0.6) is 0 Å². The van der Waals surface area contributed by atoms with Gasteiger partial charge in [-0.3, -0.25) is 18.6 Å². The van der Waals surface area contributed by atoms with Crippen LogP contribution < -0.4 is 5.32 Å². The predicted molar refractivity (Wildman–Crippen MR) is 231 cm³/mol. The highest BCUT2D eigenvalue weighted by Gasteiger charge is 2.26. The molecule has 2 aromatic heterocycles. The Kier molecular flexibility index (Phi) is 28.8. The molecule has 0 aliphatic rings. The van der Waals surface area contributed by atoms with Crippen molar-refractivity contribution < 1.29 is 46.4 Å². The van der Waals surface area contributed by atoms with Crippen LogP contribution in [-0.4, -0.2) is 56.3 Å². The lowest BCUT2D eigenvalue weighted by Gasteiger charge is -2.20. The Morgan fingerprint density at radius 2 is 1.09 bits per heavy atom. The van der Waals surface area contributed by atoms with Gasteiger partial charge < -0.3 is 28.5 Å². The number of aryl methyl sites for hydroxylation is 6. The molecular weight excluding hydrogens is 757 g/mol. The lowest BCUT2D eigenvalue weighted by atomic mass is 10.1. The molecule has 2 N–H and O–H groups in total. The van der Waals surface area contributed by atoms with Gasteiger partial charge in [0.15, 0.2) is 6.10 Å². The molecule has 0 amide bonds. The van der Waals surface area contributed by atoms with Gasteiger partial charge in [0.1, 0.15) is 29.6 Å². The Labute approximate surface area is 351 Å². The topological polar surface area (TPSA) is 147 Å². The lowest BCUT2D eigenvalue weighted by molar-refractivity contribution is -0.161. The fourth-order valence-corrected chi connectivity index (χ4v) is 7.75. The summed E-state index contributed by atoms with van der Waals surface area (Å²) in [5, 5.41) is 2.82. The summed E-state index contributed by atoms with van der Waals surface area (Å²) in [6.45, 7) is 8.36. The maximum atomic E-state index is 12.7. The van der Waals surface area contributed by atoms with E-state index in [0.717, 1.165) is 107 Å². The van der Waals surface area contributed by atoms with Crippen LogP contribution in [0.4, 0.5) is 0 Å². The van der Waals surface area contributed by atoms with Crippen molar-refractivity contribution in [3.8, 4) is 0 Å². The maximum absolute atomic E-state index is 12.7. The number of unbranched alkanes of at least 4 members (excludes halogenated alkanes) is 16. The summed E-state index contributed by atoms with van der Waals surface area (Å²) in [6.07, 6.45) is 25.1. The van der Waals surface area contributed by atoms with Gasteiger partial charge in [-0.2, -0.15) is 0 Å². The van der Waals surface area contributed by atoms with Crippen LogP contribution in [0.25, 0.3) is 0 Å². The molecular formula is C46H80NO10P. The van der Waals surface area contributed by atoms with Crippen molar-refractivity contribution in [1.82, 2.24) is 5.32 Å². The van der Waals surface area contributed by atoms with Crippen LogP contribution in [0.3, 0.4) is 0 Å². The van der Waals surface area contributed by atoms with Crippen LogP contribution in [0.2, 0.25) is 0 Å². The highest BCUT2D eigenvalue weighted by Crippen LogP contribution is 2.43. The van der Waals surface area contributed by atoms with Crippen molar-refractivity contribution in [2.24, 2.45) is 0 Å². The quantitative estimate of drug-likeness (QED) is 0.0378. The van der Waals surface area contributed by atoms with Crippen molar-refractivity contribution in [3.63, 3.8) is 0 Å². The Morgan fingerprint density at radius 1 is 0.638 bits per heavy atom. The smallest absolute Gasteiger partial charge is 0.466 e. The number of nitrogens with one attached hydrogen (secondary N) is 1. The zero-order valence-electron chi connectivity index (χ0n) is 37.0. The number of hydrogen-bond donors (Lipinski definition) is 2. The molecule has 0 fully saturated rings. The molecule has 0 aromatic carbocycles. The van der Waals surface area contributed by atoms with Gasteiger partial charge in [-0.05, 0) is 82.7 Å². The van der Waals surface area contributed by atoms with E-state index in [1.54, 1.807) is 7.05 Å². The third-order valence-electron chi connectivity index (χ3n) is 10.5. The molecule has 0 bridgehead atoms. The summed E-state index contributed by atoms with van der Waals surface area (Å²) in [4.78, 5) is 35.3. The summed E-state index contributed by atoms with van der Waals surface area (Å²) in [5.74, 6) is 3.63. The molecule has 58 heavy (non-hydrogen) atoms. The number of furan rings is 2. The lowest BCUT2D eigenvalue weighted by Crippen LogP contribution is -2.29. The van der Waals surface area contributed by atoms with Crippen molar-refractivity contribution in [1.29, 1.82) is 0 Å². The molecule has 2 heterocycles. The van der Waals surface area contributed by atoms with Gasteiger partial charge in [0.05, 0.1) is 13.2 Å². The molecule has 1 unspecified atom stereocenters. The van der Waals surface area contributed by atoms with Crippen molar-refractivity contribution in [2.75, 3.05) is 33.4 Å². The van der Waals surface area contributed by atoms with Crippen LogP contribution in [-0.2, 0) is 58.4 Å². The zero-order chi connectivity index (χ0) is 42.3.